The number of rotatable bonds is 0. The van der Waals surface area contributed by atoms with Crippen molar-refractivity contribution in [1.82, 2.24) is 14.8 Å². The minimum atomic E-state index is 0.958. The lowest BCUT2D eigenvalue weighted by atomic mass is 10.4. The van der Waals surface area contributed by atoms with Crippen LogP contribution in [0.2, 0.25) is 0 Å². The van der Waals surface area contributed by atoms with Gasteiger partial charge >= 0.3 is 0 Å². The fourth-order valence-electron chi connectivity index (χ4n) is 1.00. The first kappa shape index (κ1) is 7.02. The number of nitrogens with zero attached hydrogens (tertiary/aromatic N) is 3. The van der Waals surface area contributed by atoms with E-state index in [0.717, 1.165) is 14.6 Å². The van der Waals surface area contributed by atoms with Crippen LogP contribution in [0.3, 0.4) is 0 Å². The van der Waals surface area contributed by atoms with Crippen LogP contribution in [0.1, 0.15) is 0 Å². The smallest absolute Gasteiger partial charge is 0.124 e. The lowest BCUT2D eigenvalue weighted by Crippen LogP contribution is -1.85. The van der Waals surface area contributed by atoms with Gasteiger partial charge in [-0.2, -0.15) is 5.10 Å². The van der Waals surface area contributed by atoms with E-state index in [-0.39, 0.29) is 0 Å². The van der Waals surface area contributed by atoms with Crippen molar-refractivity contribution in [3.05, 3.63) is 22.0 Å². The quantitative estimate of drug-likeness (QED) is 0.672. The molecule has 0 aliphatic heterocycles. The number of pyridine rings is 1. The Balaban J connectivity index is 2.90. The summed E-state index contributed by atoms with van der Waals surface area (Å²) in [5.74, 6) is 0. The van der Waals surface area contributed by atoms with Gasteiger partial charge in [-0.3, -0.25) is 9.67 Å². The molecule has 2 rings (SSSR count). The highest BCUT2D eigenvalue weighted by atomic mass is 127. The first-order valence-corrected chi connectivity index (χ1v) is 4.29. The minimum Gasteiger partial charge on any atom is -0.273 e. The van der Waals surface area contributed by atoms with E-state index >= 15 is 0 Å². The van der Waals surface area contributed by atoms with Gasteiger partial charge in [-0.25, -0.2) is 0 Å². The van der Waals surface area contributed by atoms with Gasteiger partial charge in [-0.15, -0.1) is 0 Å². The van der Waals surface area contributed by atoms with Gasteiger partial charge in [-0.05, 0) is 28.7 Å². The van der Waals surface area contributed by atoms with Crippen LogP contribution in [0, 0.1) is 3.57 Å². The van der Waals surface area contributed by atoms with Crippen molar-refractivity contribution in [2.45, 2.75) is 0 Å². The van der Waals surface area contributed by atoms with E-state index in [4.69, 9.17) is 0 Å². The molecule has 2 heterocycles. The molecule has 0 bridgehead atoms. The highest BCUT2D eigenvalue weighted by Gasteiger charge is 2.01. The van der Waals surface area contributed by atoms with Gasteiger partial charge in [0.2, 0.25) is 0 Å². The monoisotopic (exact) mass is 259 g/mol. The summed E-state index contributed by atoms with van der Waals surface area (Å²) in [5, 5.41) is 4.26. The molecule has 0 N–H and O–H groups in total. The van der Waals surface area contributed by atoms with Crippen molar-refractivity contribution < 1.29 is 0 Å². The molecule has 0 fully saturated rings. The zero-order chi connectivity index (χ0) is 7.84. The van der Waals surface area contributed by atoms with Gasteiger partial charge in [0.05, 0.1) is 6.20 Å². The maximum absolute atomic E-state index is 4.26. The largest absolute Gasteiger partial charge is 0.273 e. The third-order valence-electron chi connectivity index (χ3n) is 1.47. The van der Waals surface area contributed by atoms with Crippen molar-refractivity contribution in [2.75, 3.05) is 0 Å². The standard InChI is InChI=1S/C7H6IN3/c1-11-4-6-7(10-11)5(8)2-3-9-6/h2-4H,1H3. The van der Waals surface area contributed by atoms with Crippen LogP contribution in [0.4, 0.5) is 0 Å². The molecule has 0 unspecified atom stereocenters. The van der Waals surface area contributed by atoms with E-state index in [9.17, 15) is 0 Å². The summed E-state index contributed by atoms with van der Waals surface area (Å²) in [5.41, 5.74) is 1.94. The highest BCUT2D eigenvalue weighted by Crippen LogP contribution is 2.15. The highest BCUT2D eigenvalue weighted by molar-refractivity contribution is 14.1. The van der Waals surface area contributed by atoms with Crippen molar-refractivity contribution in [3.63, 3.8) is 0 Å². The van der Waals surface area contributed by atoms with Crippen molar-refractivity contribution in [1.29, 1.82) is 0 Å². The van der Waals surface area contributed by atoms with E-state index < -0.39 is 0 Å². The summed E-state index contributed by atoms with van der Waals surface area (Å²) in [7, 11) is 1.90. The van der Waals surface area contributed by atoms with E-state index in [1.807, 2.05) is 19.3 Å². The van der Waals surface area contributed by atoms with E-state index in [0.29, 0.717) is 0 Å². The van der Waals surface area contributed by atoms with Gasteiger partial charge in [0.15, 0.2) is 0 Å². The van der Waals surface area contributed by atoms with Gasteiger partial charge in [-0.1, -0.05) is 0 Å². The maximum Gasteiger partial charge on any atom is 0.124 e. The minimum absolute atomic E-state index is 0.958. The Labute approximate surface area is 77.6 Å². The van der Waals surface area contributed by atoms with Crippen LogP contribution < -0.4 is 0 Å². The Bertz CT molecular complexity index is 393. The van der Waals surface area contributed by atoms with Crippen LogP contribution in [0.15, 0.2) is 18.5 Å². The normalized spacial score (nSPS) is 10.7. The van der Waals surface area contributed by atoms with E-state index in [1.54, 1.807) is 10.9 Å². The second-order valence-electron chi connectivity index (χ2n) is 2.33. The number of halogens is 1. The van der Waals surface area contributed by atoms with Crippen molar-refractivity contribution in [3.8, 4) is 0 Å². The summed E-state index contributed by atoms with van der Waals surface area (Å²) in [6.07, 6.45) is 3.71. The first-order valence-electron chi connectivity index (χ1n) is 3.21. The number of aromatic nitrogens is 3. The molecular formula is C7H6IN3. The average molecular weight is 259 g/mol. The Morgan fingerprint density at radius 1 is 1.55 bits per heavy atom. The summed E-state index contributed by atoms with van der Waals surface area (Å²) >= 11 is 2.26. The lowest BCUT2D eigenvalue weighted by molar-refractivity contribution is 0.779. The predicted molar refractivity (Wildman–Crippen MR) is 51.2 cm³/mol. The zero-order valence-electron chi connectivity index (χ0n) is 5.95. The molecule has 0 radical (unpaired) electrons. The molecule has 2 aromatic heterocycles. The Kier molecular flexibility index (Phi) is 1.56. The molecule has 0 amide bonds. The maximum atomic E-state index is 4.26. The predicted octanol–water partition coefficient (Wildman–Crippen LogP) is 1.57. The molecule has 3 nitrogen and oxygen atoms in total. The first-order chi connectivity index (χ1) is 5.27. The summed E-state index contributed by atoms with van der Waals surface area (Å²) in [4.78, 5) is 4.17. The number of hydrogen-bond acceptors (Lipinski definition) is 2. The third-order valence-corrected chi connectivity index (χ3v) is 2.34. The third kappa shape index (κ3) is 1.11. The molecule has 56 valence electrons. The SMILES string of the molecule is Cn1cc2nccc(I)c2n1. The summed E-state index contributed by atoms with van der Waals surface area (Å²) in [6.45, 7) is 0. The van der Waals surface area contributed by atoms with Crippen LogP contribution in [-0.2, 0) is 7.05 Å². The van der Waals surface area contributed by atoms with Crippen molar-refractivity contribution in [2.24, 2.45) is 7.05 Å². The molecule has 0 aliphatic carbocycles. The molecule has 0 aliphatic rings. The van der Waals surface area contributed by atoms with E-state index in [1.165, 1.54) is 0 Å². The molecule has 0 atom stereocenters. The second-order valence-corrected chi connectivity index (χ2v) is 3.49. The number of aryl methyl sites for hydroxylation is 1. The van der Waals surface area contributed by atoms with E-state index in [2.05, 4.69) is 32.7 Å². The number of hydrogen-bond donors (Lipinski definition) is 0. The van der Waals surface area contributed by atoms with Crippen LogP contribution in [-0.4, -0.2) is 14.8 Å². The topological polar surface area (TPSA) is 30.7 Å². The van der Waals surface area contributed by atoms with Crippen LogP contribution in [0.5, 0.6) is 0 Å². The van der Waals surface area contributed by atoms with Gasteiger partial charge in [0, 0.05) is 16.8 Å². The van der Waals surface area contributed by atoms with Gasteiger partial charge < -0.3 is 0 Å². The van der Waals surface area contributed by atoms with Crippen LogP contribution in [0.25, 0.3) is 11.0 Å². The average Bonchev–Trinajstić information content (AvgIpc) is 2.31. The summed E-state index contributed by atoms with van der Waals surface area (Å²) < 4.78 is 2.92. The second kappa shape index (κ2) is 2.44. The molecule has 0 saturated heterocycles. The molecular weight excluding hydrogens is 253 g/mol. The molecule has 4 heteroatoms. The fourth-order valence-corrected chi connectivity index (χ4v) is 1.55. The Hall–Kier alpha value is -0.650. The fraction of sp³-hybridized carbons (Fsp3) is 0.143. The zero-order valence-corrected chi connectivity index (χ0v) is 8.11. The molecule has 0 spiro atoms. The summed E-state index contributed by atoms with van der Waals surface area (Å²) in [6, 6.07) is 1.95. The van der Waals surface area contributed by atoms with Crippen molar-refractivity contribution >= 4 is 33.6 Å². The Morgan fingerprint density at radius 2 is 2.36 bits per heavy atom. The number of fused-ring (bicyclic) bond motifs is 1. The lowest BCUT2D eigenvalue weighted by Gasteiger charge is -1.87. The van der Waals surface area contributed by atoms with Gasteiger partial charge in [0.25, 0.3) is 0 Å². The Morgan fingerprint density at radius 3 is 3.09 bits per heavy atom. The molecule has 0 aromatic carbocycles. The van der Waals surface area contributed by atoms with Crippen LogP contribution >= 0.6 is 22.6 Å². The molecule has 11 heavy (non-hydrogen) atoms. The molecule has 2 aromatic rings. The molecule has 0 saturated carbocycles. The van der Waals surface area contributed by atoms with Gasteiger partial charge in [0.1, 0.15) is 11.0 Å².